The highest BCUT2D eigenvalue weighted by Gasteiger charge is 2.08. The Bertz CT molecular complexity index is 813. The van der Waals surface area contributed by atoms with E-state index in [2.05, 4.69) is 35.4 Å². The number of aryl methyl sites for hydroxylation is 2. The van der Waals surface area contributed by atoms with Crippen molar-refractivity contribution in [3.05, 3.63) is 53.6 Å². The average Bonchev–Trinajstić information content (AvgIpc) is 3.03. The zero-order chi connectivity index (χ0) is 17.6. The molecule has 6 nitrogen and oxygen atoms in total. The number of phenolic OH excluding ortho intramolecular Hbond substituents is 1. The molecular formula is C18H20N4O2S. The summed E-state index contributed by atoms with van der Waals surface area (Å²) < 4.78 is 7.48. The molecule has 0 amide bonds. The fraction of sp³-hybridized carbons (Fsp3) is 0.278. The number of hydrogen-bond donors (Lipinski definition) is 1. The summed E-state index contributed by atoms with van der Waals surface area (Å²) in [5.41, 5.74) is 3.23. The number of hydrogen-bond acceptors (Lipinski definition) is 6. The minimum absolute atomic E-state index is 0.217. The zero-order valence-corrected chi connectivity index (χ0v) is 15.0. The Kier molecular flexibility index (Phi) is 5.55. The monoisotopic (exact) mass is 356 g/mol. The van der Waals surface area contributed by atoms with Crippen LogP contribution >= 0.6 is 11.8 Å². The molecule has 25 heavy (non-hydrogen) atoms. The van der Waals surface area contributed by atoms with Gasteiger partial charge in [-0.1, -0.05) is 17.8 Å². The van der Waals surface area contributed by atoms with E-state index in [1.165, 1.54) is 11.1 Å². The van der Waals surface area contributed by atoms with Gasteiger partial charge < -0.3 is 9.84 Å². The van der Waals surface area contributed by atoms with E-state index in [1.807, 2.05) is 12.1 Å². The van der Waals surface area contributed by atoms with Gasteiger partial charge in [-0.25, -0.2) is 0 Å². The molecule has 0 saturated heterocycles. The summed E-state index contributed by atoms with van der Waals surface area (Å²) in [5, 5.41) is 21.9. The Labute approximate surface area is 150 Å². The smallest absolute Gasteiger partial charge is 0.214 e. The highest BCUT2D eigenvalue weighted by Crippen LogP contribution is 2.21. The van der Waals surface area contributed by atoms with Crippen molar-refractivity contribution in [3.8, 4) is 17.2 Å². The first-order valence-corrected chi connectivity index (χ1v) is 9.02. The van der Waals surface area contributed by atoms with Gasteiger partial charge in [-0.05, 0) is 78.2 Å². The molecule has 0 spiro atoms. The van der Waals surface area contributed by atoms with Gasteiger partial charge in [0.15, 0.2) is 0 Å². The summed E-state index contributed by atoms with van der Waals surface area (Å²) in [6.45, 7) is 4.79. The molecule has 3 aromatic rings. The van der Waals surface area contributed by atoms with Crippen molar-refractivity contribution in [3.63, 3.8) is 0 Å². The van der Waals surface area contributed by atoms with E-state index in [0.29, 0.717) is 6.61 Å². The van der Waals surface area contributed by atoms with E-state index in [4.69, 9.17) is 4.74 Å². The maximum Gasteiger partial charge on any atom is 0.214 e. The van der Waals surface area contributed by atoms with E-state index in [-0.39, 0.29) is 5.75 Å². The number of ether oxygens (including phenoxy) is 1. The molecule has 0 aliphatic heterocycles. The van der Waals surface area contributed by atoms with Gasteiger partial charge in [0.2, 0.25) is 5.16 Å². The molecule has 0 atom stereocenters. The quantitative estimate of drug-likeness (QED) is 0.515. The Hall–Kier alpha value is -2.54. The van der Waals surface area contributed by atoms with Crippen molar-refractivity contribution in [1.82, 2.24) is 20.2 Å². The van der Waals surface area contributed by atoms with Gasteiger partial charge in [0, 0.05) is 5.75 Å². The SMILES string of the molecule is Cc1cc(C)cc(OCCCSc2nnnn2-c2ccc(O)cc2)c1. The minimum Gasteiger partial charge on any atom is -0.508 e. The van der Waals surface area contributed by atoms with Gasteiger partial charge in [0.25, 0.3) is 0 Å². The third kappa shape index (κ3) is 4.73. The van der Waals surface area contributed by atoms with Gasteiger partial charge >= 0.3 is 0 Å². The number of thioether (sulfide) groups is 1. The first kappa shape index (κ1) is 17.3. The van der Waals surface area contributed by atoms with Crippen LogP contribution in [0.4, 0.5) is 0 Å². The Morgan fingerprint density at radius 3 is 2.52 bits per heavy atom. The van der Waals surface area contributed by atoms with Gasteiger partial charge in [0.05, 0.1) is 12.3 Å². The number of phenols is 1. The predicted molar refractivity (Wildman–Crippen MR) is 97.6 cm³/mol. The number of tetrazole rings is 1. The second kappa shape index (κ2) is 8.02. The largest absolute Gasteiger partial charge is 0.508 e. The zero-order valence-electron chi connectivity index (χ0n) is 14.2. The average molecular weight is 356 g/mol. The van der Waals surface area contributed by atoms with Crippen LogP contribution in [0.25, 0.3) is 5.69 Å². The van der Waals surface area contributed by atoms with Gasteiger partial charge in [0.1, 0.15) is 11.5 Å². The van der Waals surface area contributed by atoms with E-state index in [9.17, 15) is 5.11 Å². The van der Waals surface area contributed by atoms with Crippen molar-refractivity contribution in [2.75, 3.05) is 12.4 Å². The van der Waals surface area contributed by atoms with Crippen molar-refractivity contribution < 1.29 is 9.84 Å². The van der Waals surface area contributed by atoms with Crippen LogP contribution in [0, 0.1) is 13.8 Å². The van der Waals surface area contributed by atoms with Gasteiger partial charge in [-0.15, -0.1) is 5.10 Å². The van der Waals surface area contributed by atoms with Crippen LogP contribution in [0.3, 0.4) is 0 Å². The molecule has 1 N–H and O–H groups in total. The molecule has 1 heterocycles. The minimum atomic E-state index is 0.217. The van der Waals surface area contributed by atoms with Gasteiger partial charge in [-0.3, -0.25) is 0 Å². The molecule has 0 fully saturated rings. The molecule has 0 radical (unpaired) electrons. The molecule has 0 bridgehead atoms. The third-order valence-electron chi connectivity index (χ3n) is 3.52. The van der Waals surface area contributed by atoms with Crippen LogP contribution < -0.4 is 4.74 Å². The third-order valence-corrected chi connectivity index (χ3v) is 4.52. The molecule has 0 unspecified atom stereocenters. The molecular weight excluding hydrogens is 336 g/mol. The number of aromatic hydroxyl groups is 1. The summed E-state index contributed by atoms with van der Waals surface area (Å²) >= 11 is 1.58. The highest BCUT2D eigenvalue weighted by molar-refractivity contribution is 7.99. The molecule has 2 aromatic carbocycles. The molecule has 3 rings (SSSR count). The Morgan fingerprint density at radius 2 is 1.80 bits per heavy atom. The summed E-state index contributed by atoms with van der Waals surface area (Å²) in [6.07, 6.45) is 0.889. The summed E-state index contributed by atoms with van der Waals surface area (Å²) in [4.78, 5) is 0. The first-order chi connectivity index (χ1) is 12.1. The molecule has 0 aliphatic rings. The maximum absolute atomic E-state index is 9.37. The second-order valence-corrected chi connectivity index (χ2v) is 6.83. The van der Waals surface area contributed by atoms with Crippen LogP contribution in [-0.4, -0.2) is 37.7 Å². The van der Waals surface area contributed by atoms with E-state index >= 15 is 0 Å². The predicted octanol–water partition coefficient (Wildman–Crippen LogP) is 3.55. The summed E-state index contributed by atoms with van der Waals surface area (Å²) in [7, 11) is 0. The van der Waals surface area contributed by atoms with Gasteiger partial charge in [-0.2, -0.15) is 4.68 Å². The summed E-state index contributed by atoms with van der Waals surface area (Å²) in [5.74, 6) is 1.98. The normalized spacial score (nSPS) is 10.8. The second-order valence-electron chi connectivity index (χ2n) is 5.76. The highest BCUT2D eigenvalue weighted by atomic mass is 32.2. The van der Waals surface area contributed by atoms with Crippen LogP contribution in [0.2, 0.25) is 0 Å². The van der Waals surface area contributed by atoms with Crippen LogP contribution in [0.1, 0.15) is 17.5 Å². The van der Waals surface area contributed by atoms with Crippen LogP contribution in [0.5, 0.6) is 11.5 Å². The van der Waals surface area contributed by atoms with E-state index in [1.54, 1.807) is 40.7 Å². The topological polar surface area (TPSA) is 73.1 Å². The maximum atomic E-state index is 9.37. The fourth-order valence-electron chi connectivity index (χ4n) is 2.45. The lowest BCUT2D eigenvalue weighted by molar-refractivity contribution is 0.318. The number of rotatable bonds is 7. The molecule has 0 saturated carbocycles. The molecule has 130 valence electrons. The lowest BCUT2D eigenvalue weighted by Gasteiger charge is -2.08. The number of aromatic nitrogens is 4. The lowest BCUT2D eigenvalue weighted by Crippen LogP contribution is -2.02. The van der Waals surface area contributed by atoms with E-state index in [0.717, 1.165) is 28.8 Å². The molecule has 0 aliphatic carbocycles. The van der Waals surface area contributed by atoms with Crippen molar-refractivity contribution >= 4 is 11.8 Å². The number of benzene rings is 2. The van der Waals surface area contributed by atoms with E-state index < -0.39 is 0 Å². The first-order valence-electron chi connectivity index (χ1n) is 8.03. The molecule has 7 heteroatoms. The van der Waals surface area contributed by atoms with Crippen molar-refractivity contribution in [2.24, 2.45) is 0 Å². The number of nitrogens with zero attached hydrogens (tertiary/aromatic N) is 4. The summed E-state index contributed by atoms with van der Waals surface area (Å²) in [6, 6.07) is 13.0. The van der Waals surface area contributed by atoms with Crippen LogP contribution in [-0.2, 0) is 0 Å². The van der Waals surface area contributed by atoms with Crippen molar-refractivity contribution in [1.29, 1.82) is 0 Å². The Balaban J connectivity index is 1.50. The lowest BCUT2D eigenvalue weighted by atomic mass is 10.1. The van der Waals surface area contributed by atoms with Crippen LogP contribution in [0.15, 0.2) is 47.6 Å². The Morgan fingerprint density at radius 1 is 1.08 bits per heavy atom. The standard InChI is InChI=1S/C18H20N4O2S/c1-13-10-14(2)12-17(11-13)24-8-3-9-25-18-19-20-21-22(18)15-4-6-16(23)7-5-15/h4-7,10-12,23H,3,8-9H2,1-2H3. The fourth-order valence-corrected chi connectivity index (χ4v) is 3.26. The molecule has 1 aromatic heterocycles. The van der Waals surface area contributed by atoms with Crippen molar-refractivity contribution in [2.45, 2.75) is 25.4 Å².